The summed E-state index contributed by atoms with van der Waals surface area (Å²) in [5.41, 5.74) is 1.89. The summed E-state index contributed by atoms with van der Waals surface area (Å²) >= 11 is 0. The van der Waals surface area contributed by atoms with E-state index in [4.69, 9.17) is 4.42 Å². The van der Waals surface area contributed by atoms with E-state index in [1.807, 2.05) is 25.1 Å². The van der Waals surface area contributed by atoms with Crippen LogP contribution in [0.4, 0.5) is 8.78 Å². The average Bonchev–Trinajstić information content (AvgIpc) is 2.86. The zero-order valence-corrected chi connectivity index (χ0v) is 10.7. The van der Waals surface area contributed by atoms with Gasteiger partial charge >= 0.3 is 0 Å². The third-order valence-corrected chi connectivity index (χ3v) is 3.29. The minimum Gasteiger partial charge on any atom is -0.458 e. The number of aliphatic hydroxyl groups is 1. The van der Waals surface area contributed by atoms with Gasteiger partial charge in [0.15, 0.2) is 11.6 Å². The van der Waals surface area contributed by atoms with Gasteiger partial charge in [-0.25, -0.2) is 8.78 Å². The summed E-state index contributed by atoms with van der Waals surface area (Å²) in [4.78, 5) is 0. The summed E-state index contributed by atoms with van der Waals surface area (Å²) in [5, 5.41) is 11.1. The largest absolute Gasteiger partial charge is 0.458 e. The molecule has 3 rings (SSSR count). The Kier molecular flexibility index (Phi) is 3.03. The molecule has 0 spiro atoms. The van der Waals surface area contributed by atoms with Gasteiger partial charge in [-0.05, 0) is 36.2 Å². The second kappa shape index (κ2) is 4.72. The molecule has 1 atom stereocenters. The molecule has 1 unspecified atom stereocenters. The maximum Gasteiger partial charge on any atom is 0.159 e. The Hall–Kier alpha value is -2.20. The first-order chi connectivity index (χ1) is 9.56. The van der Waals surface area contributed by atoms with Crippen LogP contribution in [-0.4, -0.2) is 5.11 Å². The van der Waals surface area contributed by atoms with Gasteiger partial charge in [-0.3, -0.25) is 0 Å². The van der Waals surface area contributed by atoms with Crippen molar-refractivity contribution in [2.45, 2.75) is 13.0 Å². The highest BCUT2D eigenvalue weighted by Gasteiger charge is 2.17. The first-order valence-corrected chi connectivity index (χ1v) is 6.18. The molecular weight excluding hydrogens is 262 g/mol. The Morgan fingerprint density at radius 2 is 1.85 bits per heavy atom. The highest BCUT2D eigenvalue weighted by molar-refractivity contribution is 5.81. The van der Waals surface area contributed by atoms with Crippen LogP contribution >= 0.6 is 0 Å². The first kappa shape index (κ1) is 12.8. The molecule has 0 amide bonds. The Labute approximate surface area is 114 Å². The van der Waals surface area contributed by atoms with Crippen molar-refractivity contribution in [2.24, 2.45) is 0 Å². The SMILES string of the molecule is Cc1cccc2cc(C(O)c3ccc(F)c(F)c3)oc12. The highest BCUT2D eigenvalue weighted by atomic mass is 19.2. The van der Waals surface area contributed by atoms with Gasteiger partial charge < -0.3 is 9.52 Å². The van der Waals surface area contributed by atoms with Crippen LogP contribution in [0.3, 0.4) is 0 Å². The van der Waals surface area contributed by atoms with Gasteiger partial charge in [-0.1, -0.05) is 24.3 Å². The van der Waals surface area contributed by atoms with E-state index < -0.39 is 17.7 Å². The molecule has 4 heteroatoms. The molecule has 0 saturated carbocycles. The maximum absolute atomic E-state index is 13.2. The fraction of sp³-hybridized carbons (Fsp3) is 0.125. The van der Waals surface area contributed by atoms with Gasteiger partial charge in [-0.2, -0.15) is 0 Å². The zero-order chi connectivity index (χ0) is 14.3. The Balaban J connectivity index is 2.05. The minimum atomic E-state index is -1.13. The van der Waals surface area contributed by atoms with E-state index in [0.717, 1.165) is 23.1 Å². The molecule has 0 saturated heterocycles. The molecule has 0 radical (unpaired) electrons. The van der Waals surface area contributed by atoms with E-state index in [9.17, 15) is 13.9 Å². The number of fused-ring (bicyclic) bond motifs is 1. The number of benzene rings is 2. The van der Waals surface area contributed by atoms with Crippen molar-refractivity contribution >= 4 is 11.0 Å². The Morgan fingerprint density at radius 3 is 2.55 bits per heavy atom. The molecule has 0 fully saturated rings. The molecule has 2 nitrogen and oxygen atoms in total. The number of furan rings is 1. The van der Waals surface area contributed by atoms with Gasteiger partial charge in [0.25, 0.3) is 0 Å². The normalized spacial score (nSPS) is 12.8. The van der Waals surface area contributed by atoms with E-state index in [2.05, 4.69) is 0 Å². The molecular formula is C16H12F2O2. The van der Waals surface area contributed by atoms with Gasteiger partial charge in [0.2, 0.25) is 0 Å². The van der Waals surface area contributed by atoms with Crippen molar-refractivity contribution in [1.29, 1.82) is 0 Å². The van der Waals surface area contributed by atoms with Crippen LogP contribution in [-0.2, 0) is 0 Å². The van der Waals surface area contributed by atoms with Crippen molar-refractivity contribution < 1.29 is 18.3 Å². The number of aliphatic hydroxyl groups excluding tert-OH is 1. The lowest BCUT2D eigenvalue weighted by Crippen LogP contribution is -1.99. The molecule has 102 valence electrons. The molecule has 20 heavy (non-hydrogen) atoms. The molecule has 0 aliphatic carbocycles. The average molecular weight is 274 g/mol. The van der Waals surface area contributed by atoms with E-state index in [1.54, 1.807) is 6.07 Å². The van der Waals surface area contributed by atoms with Crippen molar-refractivity contribution in [3.8, 4) is 0 Å². The zero-order valence-electron chi connectivity index (χ0n) is 10.7. The Bertz CT molecular complexity index is 777. The summed E-state index contributed by atoms with van der Waals surface area (Å²) in [6.45, 7) is 1.90. The van der Waals surface area contributed by atoms with Gasteiger partial charge in [0, 0.05) is 5.39 Å². The summed E-state index contributed by atoms with van der Waals surface area (Å²) in [6.07, 6.45) is -1.13. The molecule has 0 aliphatic heterocycles. The smallest absolute Gasteiger partial charge is 0.159 e. The predicted molar refractivity (Wildman–Crippen MR) is 71.4 cm³/mol. The van der Waals surface area contributed by atoms with Crippen LogP contribution in [0.1, 0.15) is 23.0 Å². The van der Waals surface area contributed by atoms with Crippen molar-refractivity contribution in [1.82, 2.24) is 0 Å². The van der Waals surface area contributed by atoms with Crippen LogP contribution in [0.5, 0.6) is 0 Å². The van der Waals surface area contributed by atoms with Crippen molar-refractivity contribution in [2.75, 3.05) is 0 Å². The van der Waals surface area contributed by atoms with E-state index in [0.29, 0.717) is 11.3 Å². The lowest BCUT2D eigenvalue weighted by Gasteiger charge is -2.08. The molecule has 1 heterocycles. The van der Waals surface area contributed by atoms with Crippen LogP contribution in [0.25, 0.3) is 11.0 Å². The fourth-order valence-electron chi connectivity index (χ4n) is 2.21. The van der Waals surface area contributed by atoms with Crippen molar-refractivity contribution in [3.63, 3.8) is 0 Å². The summed E-state index contributed by atoms with van der Waals surface area (Å²) in [6, 6.07) is 10.7. The summed E-state index contributed by atoms with van der Waals surface area (Å²) in [5.74, 6) is -1.63. The van der Waals surface area contributed by atoms with Crippen LogP contribution in [0.2, 0.25) is 0 Å². The molecule has 2 aromatic carbocycles. The number of para-hydroxylation sites is 1. The molecule has 3 aromatic rings. The molecule has 0 bridgehead atoms. The molecule has 1 aromatic heterocycles. The molecule has 1 N–H and O–H groups in total. The lowest BCUT2D eigenvalue weighted by molar-refractivity contribution is 0.191. The second-order valence-corrected chi connectivity index (χ2v) is 4.72. The monoisotopic (exact) mass is 274 g/mol. The third kappa shape index (κ3) is 2.08. The third-order valence-electron chi connectivity index (χ3n) is 3.29. The second-order valence-electron chi connectivity index (χ2n) is 4.72. The van der Waals surface area contributed by atoms with Crippen molar-refractivity contribution in [3.05, 3.63) is 71.0 Å². The van der Waals surface area contributed by atoms with Crippen LogP contribution in [0.15, 0.2) is 46.9 Å². The topological polar surface area (TPSA) is 33.4 Å². The lowest BCUT2D eigenvalue weighted by atomic mass is 10.1. The number of halogens is 2. The predicted octanol–water partition coefficient (Wildman–Crippen LogP) is 4.10. The quantitative estimate of drug-likeness (QED) is 0.763. The van der Waals surface area contributed by atoms with Gasteiger partial charge in [-0.15, -0.1) is 0 Å². The van der Waals surface area contributed by atoms with Gasteiger partial charge in [0.05, 0.1) is 0 Å². The summed E-state index contributed by atoms with van der Waals surface area (Å²) in [7, 11) is 0. The maximum atomic E-state index is 13.2. The fourth-order valence-corrected chi connectivity index (χ4v) is 2.21. The van der Waals surface area contributed by atoms with Gasteiger partial charge in [0.1, 0.15) is 17.4 Å². The van der Waals surface area contributed by atoms with E-state index in [-0.39, 0.29) is 5.56 Å². The first-order valence-electron chi connectivity index (χ1n) is 6.18. The van der Waals surface area contributed by atoms with E-state index in [1.165, 1.54) is 6.07 Å². The minimum absolute atomic E-state index is 0.251. The standard InChI is InChI=1S/C16H12F2O2/c1-9-3-2-4-11-8-14(20-16(9)11)15(19)10-5-6-12(17)13(18)7-10/h2-8,15,19H,1H3. The summed E-state index contributed by atoms with van der Waals surface area (Å²) < 4.78 is 31.7. The highest BCUT2D eigenvalue weighted by Crippen LogP contribution is 2.30. The Morgan fingerprint density at radius 1 is 1.05 bits per heavy atom. The van der Waals surface area contributed by atoms with Crippen LogP contribution < -0.4 is 0 Å². The number of aryl methyl sites for hydroxylation is 1. The number of rotatable bonds is 2. The molecule has 0 aliphatic rings. The number of hydrogen-bond acceptors (Lipinski definition) is 2. The van der Waals surface area contributed by atoms with Crippen LogP contribution in [0, 0.1) is 18.6 Å². The van der Waals surface area contributed by atoms with E-state index >= 15 is 0 Å². The number of hydrogen-bond donors (Lipinski definition) is 1.